The molecular weight excluding hydrogens is 208 g/mol. The third-order valence-corrected chi connectivity index (χ3v) is 3.19. The summed E-state index contributed by atoms with van der Waals surface area (Å²) in [5, 5.41) is 0. The van der Waals surface area contributed by atoms with Gasteiger partial charge >= 0.3 is 0 Å². The largest absolute Gasteiger partial charge is 0.330 e. The maximum absolute atomic E-state index is 5.78. The standard InChI is InChI=1S/C15H26N2/c1-5-13-8-6-7-9-14(13)10-17(4)12-15(2,3)11-16/h6-9H,5,10-12,16H2,1-4H3. The van der Waals surface area contributed by atoms with Crippen LogP contribution in [0.25, 0.3) is 0 Å². The van der Waals surface area contributed by atoms with Crippen LogP contribution in [0.2, 0.25) is 0 Å². The van der Waals surface area contributed by atoms with Gasteiger partial charge in [-0.25, -0.2) is 0 Å². The minimum atomic E-state index is 0.190. The minimum absolute atomic E-state index is 0.190. The molecule has 2 nitrogen and oxygen atoms in total. The van der Waals surface area contributed by atoms with Crippen molar-refractivity contribution < 1.29 is 0 Å². The molecule has 0 fully saturated rings. The Hall–Kier alpha value is -0.860. The zero-order chi connectivity index (χ0) is 12.9. The number of hydrogen-bond acceptors (Lipinski definition) is 2. The number of nitrogens with zero attached hydrogens (tertiary/aromatic N) is 1. The fourth-order valence-electron chi connectivity index (χ4n) is 2.20. The summed E-state index contributed by atoms with van der Waals surface area (Å²) in [4.78, 5) is 2.36. The van der Waals surface area contributed by atoms with Crippen LogP contribution < -0.4 is 5.73 Å². The van der Waals surface area contributed by atoms with Crippen molar-refractivity contribution in [3.05, 3.63) is 35.4 Å². The predicted octanol–water partition coefficient (Wildman–Crippen LogP) is 2.67. The molecule has 0 saturated carbocycles. The first kappa shape index (κ1) is 14.2. The van der Waals surface area contributed by atoms with Crippen molar-refractivity contribution in [2.24, 2.45) is 11.1 Å². The normalized spacial score (nSPS) is 12.1. The second kappa shape index (κ2) is 6.18. The Bertz CT molecular complexity index is 345. The molecule has 0 aliphatic heterocycles. The molecular formula is C15H26N2. The summed E-state index contributed by atoms with van der Waals surface area (Å²) in [6.07, 6.45) is 1.10. The van der Waals surface area contributed by atoms with Gasteiger partial charge in [0.2, 0.25) is 0 Å². The summed E-state index contributed by atoms with van der Waals surface area (Å²) in [6.45, 7) is 9.41. The Balaban J connectivity index is 2.65. The van der Waals surface area contributed by atoms with E-state index in [0.717, 1.165) is 26.1 Å². The molecule has 0 bridgehead atoms. The van der Waals surface area contributed by atoms with Crippen LogP contribution in [0.1, 0.15) is 31.9 Å². The summed E-state index contributed by atoms with van der Waals surface area (Å²) < 4.78 is 0. The molecule has 0 aliphatic rings. The van der Waals surface area contributed by atoms with E-state index in [0.29, 0.717) is 0 Å². The van der Waals surface area contributed by atoms with Gasteiger partial charge in [0, 0.05) is 13.1 Å². The number of hydrogen-bond donors (Lipinski definition) is 1. The third kappa shape index (κ3) is 4.49. The van der Waals surface area contributed by atoms with E-state index in [1.807, 2.05) is 0 Å². The van der Waals surface area contributed by atoms with Gasteiger partial charge in [-0.3, -0.25) is 0 Å². The number of rotatable bonds is 6. The molecule has 2 heteroatoms. The highest BCUT2D eigenvalue weighted by Crippen LogP contribution is 2.17. The van der Waals surface area contributed by atoms with Crippen LogP contribution >= 0.6 is 0 Å². The van der Waals surface area contributed by atoms with Crippen molar-refractivity contribution in [2.75, 3.05) is 20.1 Å². The van der Waals surface area contributed by atoms with Gasteiger partial charge in [-0.1, -0.05) is 45.0 Å². The van der Waals surface area contributed by atoms with Gasteiger partial charge in [0.15, 0.2) is 0 Å². The zero-order valence-electron chi connectivity index (χ0n) is 11.7. The molecule has 17 heavy (non-hydrogen) atoms. The second-order valence-corrected chi connectivity index (χ2v) is 5.66. The fourth-order valence-corrected chi connectivity index (χ4v) is 2.20. The number of nitrogens with two attached hydrogens (primary N) is 1. The van der Waals surface area contributed by atoms with Gasteiger partial charge < -0.3 is 10.6 Å². The van der Waals surface area contributed by atoms with Crippen LogP contribution in [0.5, 0.6) is 0 Å². The van der Waals surface area contributed by atoms with Crippen LogP contribution in [-0.4, -0.2) is 25.0 Å². The molecule has 1 rings (SSSR count). The number of benzene rings is 1. The van der Waals surface area contributed by atoms with E-state index in [2.05, 4.69) is 57.0 Å². The van der Waals surface area contributed by atoms with Crippen LogP contribution in [0, 0.1) is 5.41 Å². The molecule has 96 valence electrons. The summed E-state index contributed by atoms with van der Waals surface area (Å²) in [5.41, 5.74) is 8.85. The second-order valence-electron chi connectivity index (χ2n) is 5.66. The Morgan fingerprint density at radius 2 is 1.76 bits per heavy atom. The first-order valence-electron chi connectivity index (χ1n) is 6.44. The SMILES string of the molecule is CCc1ccccc1CN(C)CC(C)(C)CN. The molecule has 1 aromatic rings. The molecule has 0 amide bonds. The Labute approximate surface area is 106 Å². The molecule has 0 unspecified atom stereocenters. The molecule has 0 aromatic heterocycles. The summed E-state index contributed by atoms with van der Waals surface area (Å²) in [5.74, 6) is 0. The maximum atomic E-state index is 5.78. The van der Waals surface area contributed by atoms with Gasteiger partial charge in [0.1, 0.15) is 0 Å². The zero-order valence-corrected chi connectivity index (χ0v) is 11.7. The smallest absolute Gasteiger partial charge is 0.0233 e. The van der Waals surface area contributed by atoms with Gasteiger partial charge in [-0.15, -0.1) is 0 Å². The molecule has 0 spiro atoms. The number of aryl methyl sites for hydroxylation is 1. The molecule has 1 aromatic carbocycles. The first-order valence-corrected chi connectivity index (χ1v) is 6.44. The van der Waals surface area contributed by atoms with Crippen LogP contribution in [0.3, 0.4) is 0 Å². The molecule has 0 radical (unpaired) electrons. The maximum Gasteiger partial charge on any atom is 0.0233 e. The quantitative estimate of drug-likeness (QED) is 0.820. The van der Waals surface area contributed by atoms with Crippen molar-refractivity contribution >= 4 is 0 Å². The summed E-state index contributed by atoms with van der Waals surface area (Å²) in [7, 11) is 2.17. The summed E-state index contributed by atoms with van der Waals surface area (Å²) >= 11 is 0. The Kier molecular flexibility index (Phi) is 5.16. The Morgan fingerprint density at radius 3 is 2.29 bits per heavy atom. The van der Waals surface area contributed by atoms with Crippen LogP contribution in [-0.2, 0) is 13.0 Å². The molecule has 2 N–H and O–H groups in total. The van der Waals surface area contributed by atoms with Crippen molar-refractivity contribution in [2.45, 2.75) is 33.7 Å². The van der Waals surface area contributed by atoms with E-state index in [1.165, 1.54) is 11.1 Å². The third-order valence-electron chi connectivity index (χ3n) is 3.19. The highest BCUT2D eigenvalue weighted by molar-refractivity contribution is 5.26. The average molecular weight is 234 g/mol. The van der Waals surface area contributed by atoms with Crippen molar-refractivity contribution in [3.8, 4) is 0 Å². The van der Waals surface area contributed by atoms with E-state index in [1.54, 1.807) is 0 Å². The minimum Gasteiger partial charge on any atom is -0.330 e. The highest BCUT2D eigenvalue weighted by atomic mass is 15.1. The lowest BCUT2D eigenvalue weighted by atomic mass is 9.93. The van der Waals surface area contributed by atoms with Gasteiger partial charge in [0.05, 0.1) is 0 Å². The van der Waals surface area contributed by atoms with E-state index in [9.17, 15) is 0 Å². The van der Waals surface area contributed by atoms with Crippen molar-refractivity contribution in [3.63, 3.8) is 0 Å². The van der Waals surface area contributed by atoms with E-state index < -0.39 is 0 Å². The first-order chi connectivity index (χ1) is 7.98. The highest BCUT2D eigenvalue weighted by Gasteiger charge is 2.18. The molecule has 0 aliphatic carbocycles. The fraction of sp³-hybridized carbons (Fsp3) is 0.600. The van der Waals surface area contributed by atoms with Crippen LogP contribution in [0.15, 0.2) is 24.3 Å². The van der Waals surface area contributed by atoms with Gasteiger partial charge in [-0.05, 0) is 36.6 Å². The predicted molar refractivity (Wildman–Crippen MR) is 75.0 cm³/mol. The molecule has 0 atom stereocenters. The van der Waals surface area contributed by atoms with Gasteiger partial charge in [0.25, 0.3) is 0 Å². The topological polar surface area (TPSA) is 29.3 Å². The lowest BCUT2D eigenvalue weighted by Crippen LogP contribution is -2.36. The Morgan fingerprint density at radius 1 is 1.18 bits per heavy atom. The van der Waals surface area contributed by atoms with Crippen molar-refractivity contribution in [1.82, 2.24) is 4.90 Å². The van der Waals surface area contributed by atoms with E-state index in [4.69, 9.17) is 5.73 Å². The monoisotopic (exact) mass is 234 g/mol. The van der Waals surface area contributed by atoms with E-state index in [-0.39, 0.29) is 5.41 Å². The molecule has 0 heterocycles. The molecule has 0 saturated heterocycles. The van der Waals surface area contributed by atoms with E-state index >= 15 is 0 Å². The van der Waals surface area contributed by atoms with Crippen molar-refractivity contribution in [1.29, 1.82) is 0 Å². The average Bonchev–Trinajstić information content (AvgIpc) is 2.29. The lowest BCUT2D eigenvalue weighted by molar-refractivity contribution is 0.209. The van der Waals surface area contributed by atoms with Gasteiger partial charge in [-0.2, -0.15) is 0 Å². The lowest BCUT2D eigenvalue weighted by Gasteiger charge is -2.29. The van der Waals surface area contributed by atoms with Crippen LogP contribution in [0.4, 0.5) is 0 Å². The summed E-state index contributed by atoms with van der Waals surface area (Å²) in [6, 6.07) is 8.69.